The van der Waals surface area contributed by atoms with Gasteiger partial charge in [-0.2, -0.15) is 0 Å². The predicted octanol–water partition coefficient (Wildman–Crippen LogP) is 2.60. The van der Waals surface area contributed by atoms with Crippen LogP contribution in [0.3, 0.4) is 0 Å². The number of hydrogen-bond donors (Lipinski definition) is 1. The zero-order chi connectivity index (χ0) is 10.1. The van der Waals surface area contributed by atoms with Crippen LogP contribution in [0.2, 0.25) is 0 Å². The average Bonchev–Trinajstić information content (AvgIpc) is 2.57. The fourth-order valence-electron chi connectivity index (χ4n) is 1.54. The van der Waals surface area contributed by atoms with Crippen LogP contribution < -0.4 is 5.32 Å². The largest absolute Gasteiger partial charge is 0.461 e. The van der Waals surface area contributed by atoms with Gasteiger partial charge in [0.05, 0.1) is 6.26 Å². The summed E-state index contributed by atoms with van der Waals surface area (Å²) in [6.45, 7) is 2.42. The highest BCUT2D eigenvalue weighted by atomic mass is 19.1. The zero-order valence-electron chi connectivity index (χ0n) is 8.23. The topological polar surface area (TPSA) is 25.2 Å². The Labute approximate surface area is 81.7 Å². The quantitative estimate of drug-likeness (QED) is 0.793. The fourth-order valence-corrected chi connectivity index (χ4v) is 1.54. The normalized spacial score (nSPS) is 11.1. The zero-order valence-corrected chi connectivity index (χ0v) is 8.23. The molecule has 1 aromatic heterocycles. The number of hydrogen-bond acceptors (Lipinski definition) is 2. The van der Waals surface area contributed by atoms with Gasteiger partial charge in [-0.15, -0.1) is 0 Å². The lowest BCUT2D eigenvalue weighted by Crippen LogP contribution is -2.03. The van der Waals surface area contributed by atoms with Crippen LogP contribution in [0.25, 0.3) is 11.0 Å². The minimum atomic E-state index is -0.259. The molecule has 0 radical (unpaired) electrons. The van der Waals surface area contributed by atoms with Gasteiger partial charge < -0.3 is 9.73 Å². The molecule has 0 saturated heterocycles. The van der Waals surface area contributed by atoms with E-state index < -0.39 is 0 Å². The first-order chi connectivity index (χ1) is 6.74. The lowest BCUT2D eigenvalue weighted by molar-refractivity contribution is 0.553. The molecule has 0 fully saturated rings. The highest BCUT2D eigenvalue weighted by Gasteiger charge is 2.10. The van der Waals surface area contributed by atoms with Crippen molar-refractivity contribution in [2.45, 2.75) is 13.5 Å². The Kier molecular flexibility index (Phi) is 2.25. The van der Waals surface area contributed by atoms with E-state index in [1.54, 1.807) is 19.3 Å². The minimum Gasteiger partial charge on any atom is -0.461 e. The first-order valence-electron chi connectivity index (χ1n) is 4.54. The highest BCUT2D eigenvalue weighted by molar-refractivity contribution is 5.82. The van der Waals surface area contributed by atoms with Crippen molar-refractivity contribution in [1.29, 1.82) is 0 Å². The minimum absolute atomic E-state index is 0.259. The Morgan fingerprint density at radius 1 is 1.43 bits per heavy atom. The SMILES string of the molecule is CNCc1coc2c(F)c(C)ccc12. The summed E-state index contributed by atoms with van der Waals surface area (Å²) < 4.78 is 18.7. The first-order valence-corrected chi connectivity index (χ1v) is 4.54. The van der Waals surface area contributed by atoms with Crippen molar-refractivity contribution in [3.63, 3.8) is 0 Å². The van der Waals surface area contributed by atoms with E-state index in [1.165, 1.54) is 0 Å². The van der Waals surface area contributed by atoms with Gasteiger partial charge in [0, 0.05) is 17.5 Å². The maximum absolute atomic E-state index is 13.5. The van der Waals surface area contributed by atoms with Crippen molar-refractivity contribution in [1.82, 2.24) is 5.32 Å². The second-order valence-corrected chi connectivity index (χ2v) is 3.36. The number of aryl methyl sites for hydroxylation is 1. The molecule has 0 amide bonds. The molecule has 2 aromatic rings. The number of furan rings is 1. The molecule has 2 rings (SSSR count). The molecule has 0 aliphatic rings. The number of rotatable bonds is 2. The molecule has 0 unspecified atom stereocenters. The van der Waals surface area contributed by atoms with Crippen molar-refractivity contribution in [3.8, 4) is 0 Å². The molecule has 0 saturated carbocycles. The van der Waals surface area contributed by atoms with Crippen molar-refractivity contribution in [2.75, 3.05) is 7.05 Å². The van der Waals surface area contributed by atoms with Crippen LogP contribution in [0, 0.1) is 12.7 Å². The Bertz CT molecular complexity index is 462. The van der Waals surface area contributed by atoms with Crippen molar-refractivity contribution < 1.29 is 8.81 Å². The summed E-state index contributed by atoms with van der Waals surface area (Å²) in [6.07, 6.45) is 1.60. The molecule has 0 aliphatic heterocycles. The van der Waals surface area contributed by atoms with Crippen LogP contribution in [-0.4, -0.2) is 7.05 Å². The molecule has 3 heteroatoms. The summed E-state index contributed by atoms with van der Waals surface area (Å²) in [5.41, 5.74) is 1.96. The smallest absolute Gasteiger partial charge is 0.170 e. The van der Waals surface area contributed by atoms with Gasteiger partial charge in [0.25, 0.3) is 0 Å². The standard InChI is InChI=1S/C11H12FNO/c1-7-3-4-9-8(5-13-2)6-14-11(9)10(7)12/h3-4,6,13H,5H2,1-2H3. The number of benzene rings is 1. The maximum Gasteiger partial charge on any atom is 0.170 e. The van der Waals surface area contributed by atoms with E-state index >= 15 is 0 Å². The first kappa shape index (κ1) is 9.21. The summed E-state index contributed by atoms with van der Waals surface area (Å²) in [4.78, 5) is 0. The van der Waals surface area contributed by atoms with Crippen LogP contribution >= 0.6 is 0 Å². The lowest BCUT2D eigenvalue weighted by atomic mass is 10.1. The molecular weight excluding hydrogens is 181 g/mol. The maximum atomic E-state index is 13.5. The molecule has 0 atom stereocenters. The molecular formula is C11H12FNO. The van der Waals surface area contributed by atoms with E-state index in [0.717, 1.165) is 10.9 Å². The van der Waals surface area contributed by atoms with Gasteiger partial charge in [-0.1, -0.05) is 12.1 Å². The third-order valence-corrected chi connectivity index (χ3v) is 2.32. The average molecular weight is 193 g/mol. The molecule has 0 bridgehead atoms. The van der Waals surface area contributed by atoms with E-state index in [9.17, 15) is 4.39 Å². The lowest BCUT2D eigenvalue weighted by Gasteiger charge is -1.98. The third-order valence-electron chi connectivity index (χ3n) is 2.32. The summed E-state index contributed by atoms with van der Waals surface area (Å²) in [5.74, 6) is -0.259. The highest BCUT2D eigenvalue weighted by Crippen LogP contribution is 2.25. The van der Waals surface area contributed by atoms with E-state index in [4.69, 9.17) is 4.42 Å². The second kappa shape index (κ2) is 3.42. The van der Waals surface area contributed by atoms with Gasteiger partial charge in [-0.3, -0.25) is 0 Å². The third kappa shape index (κ3) is 1.30. The fraction of sp³-hybridized carbons (Fsp3) is 0.273. The molecule has 74 valence electrons. The van der Waals surface area contributed by atoms with Crippen LogP contribution in [0.4, 0.5) is 4.39 Å². The van der Waals surface area contributed by atoms with Gasteiger partial charge in [-0.25, -0.2) is 4.39 Å². The monoisotopic (exact) mass is 193 g/mol. The van der Waals surface area contributed by atoms with E-state index in [-0.39, 0.29) is 5.82 Å². The summed E-state index contributed by atoms with van der Waals surface area (Å²) >= 11 is 0. The molecule has 1 aromatic carbocycles. The predicted molar refractivity (Wildman–Crippen MR) is 53.7 cm³/mol. The number of fused-ring (bicyclic) bond motifs is 1. The molecule has 0 aliphatic carbocycles. The van der Waals surface area contributed by atoms with Crippen molar-refractivity contribution >= 4 is 11.0 Å². The Hall–Kier alpha value is -1.35. The van der Waals surface area contributed by atoms with Crippen LogP contribution in [-0.2, 0) is 6.54 Å². The van der Waals surface area contributed by atoms with Gasteiger partial charge in [0.15, 0.2) is 11.4 Å². The summed E-state index contributed by atoms with van der Waals surface area (Å²) in [6, 6.07) is 3.66. The molecule has 2 nitrogen and oxygen atoms in total. The van der Waals surface area contributed by atoms with Gasteiger partial charge >= 0.3 is 0 Å². The van der Waals surface area contributed by atoms with Crippen molar-refractivity contribution in [2.24, 2.45) is 0 Å². The second-order valence-electron chi connectivity index (χ2n) is 3.36. The van der Waals surface area contributed by atoms with Gasteiger partial charge in [0.1, 0.15) is 0 Å². The van der Waals surface area contributed by atoms with E-state index in [2.05, 4.69) is 5.32 Å². The molecule has 1 heterocycles. The molecule has 1 N–H and O–H groups in total. The van der Waals surface area contributed by atoms with Crippen LogP contribution in [0.5, 0.6) is 0 Å². The summed E-state index contributed by atoms with van der Waals surface area (Å²) in [5, 5.41) is 3.86. The number of halogens is 1. The Morgan fingerprint density at radius 2 is 2.21 bits per heavy atom. The van der Waals surface area contributed by atoms with Gasteiger partial charge in [0.2, 0.25) is 0 Å². The Morgan fingerprint density at radius 3 is 2.93 bits per heavy atom. The van der Waals surface area contributed by atoms with Crippen LogP contribution in [0.15, 0.2) is 22.8 Å². The summed E-state index contributed by atoms with van der Waals surface area (Å²) in [7, 11) is 1.85. The van der Waals surface area contributed by atoms with Crippen LogP contribution in [0.1, 0.15) is 11.1 Å². The molecule has 14 heavy (non-hydrogen) atoms. The van der Waals surface area contributed by atoms with E-state index in [0.29, 0.717) is 17.7 Å². The number of nitrogens with one attached hydrogen (secondary N) is 1. The van der Waals surface area contributed by atoms with Crippen molar-refractivity contribution in [3.05, 3.63) is 35.3 Å². The van der Waals surface area contributed by atoms with E-state index in [1.807, 2.05) is 13.1 Å². The Balaban J connectivity index is 2.64. The molecule has 0 spiro atoms. The van der Waals surface area contributed by atoms with Gasteiger partial charge in [-0.05, 0) is 19.5 Å².